The van der Waals surface area contributed by atoms with Crippen molar-refractivity contribution in [1.29, 1.82) is 0 Å². The first kappa shape index (κ1) is 18.6. The van der Waals surface area contributed by atoms with Gasteiger partial charge >= 0.3 is 6.03 Å². The topological polar surface area (TPSA) is 75.7 Å². The van der Waals surface area contributed by atoms with Crippen LogP contribution in [-0.4, -0.2) is 57.1 Å². The quantitative estimate of drug-likeness (QED) is 0.819. The number of hydrogen-bond acceptors (Lipinski definition) is 4. The highest BCUT2D eigenvalue weighted by molar-refractivity contribution is 7.91. The van der Waals surface area contributed by atoms with E-state index in [-0.39, 0.29) is 23.6 Å². The zero-order chi connectivity index (χ0) is 17.9. The summed E-state index contributed by atoms with van der Waals surface area (Å²) in [5.74, 6) is 1.07. The molecule has 1 aliphatic heterocycles. The van der Waals surface area contributed by atoms with Gasteiger partial charge in [-0.25, -0.2) is 13.2 Å². The van der Waals surface area contributed by atoms with Crippen molar-refractivity contribution in [1.82, 2.24) is 10.2 Å². The lowest BCUT2D eigenvalue weighted by Gasteiger charge is -2.23. The predicted octanol–water partition coefficient (Wildman–Crippen LogP) is 1.82. The summed E-state index contributed by atoms with van der Waals surface area (Å²) in [5, 5.41) is 2.78. The molecule has 0 spiro atoms. The van der Waals surface area contributed by atoms with Crippen LogP contribution in [0.3, 0.4) is 0 Å². The number of nitrogens with zero attached hydrogens (tertiary/aromatic N) is 1. The molecule has 6 nitrogen and oxygen atoms in total. The number of carbonyl (C=O) groups is 1. The van der Waals surface area contributed by atoms with E-state index in [0.717, 1.165) is 16.9 Å². The Kier molecular flexibility index (Phi) is 5.74. The first-order valence-corrected chi connectivity index (χ1v) is 9.94. The van der Waals surface area contributed by atoms with Crippen LogP contribution in [0.25, 0.3) is 0 Å². The predicted molar refractivity (Wildman–Crippen MR) is 94.4 cm³/mol. The number of hydrogen-bond donors (Lipinski definition) is 1. The molecular weight excluding hydrogens is 328 g/mol. The lowest BCUT2D eigenvalue weighted by molar-refractivity contribution is 0.192. The summed E-state index contributed by atoms with van der Waals surface area (Å²) >= 11 is 0. The third kappa shape index (κ3) is 4.41. The molecule has 1 aromatic rings. The van der Waals surface area contributed by atoms with Crippen LogP contribution in [0.1, 0.15) is 23.1 Å². The fourth-order valence-corrected chi connectivity index (χ4v) is 4.60. The molecule has 24 heavy (non-hydrogen) atoms. The molecule has 1 aromatic carbocycles. The molecule has 1 fully saturated rings. The summed E-state index contributed by atoms with van der Waals surface area (Å²) in [6.45, 7) is 6.79. The molecule has 0 aliphatic carbocycles. The highest BCUT2D eigenvalue weighted by Gasteiger charge is 2.32. The molecule has 1 unspecified atom stereocenters. The van der Waals surface area contributed by atoms with Crippen molar-refractivity contribution in [2.75, 3.05) is 31.7 Å². The van der Waals surface area contributed by atoms with Gasteiger partial charge in [-0.1, -0.05) is 12.1 Å². The standard InChI is InChI=1S/C17H26N2O4S/c1-12-5-6-13(2)16(14(12)3)23-9-8-18-17(20)19(4)15-7-10-24(21,22)11-15/h5-6,15H,7-11H2,1-4H3,(H,18,20). The van der Waals surface area contributed by atoms with Gasteiger partial charge in [-0.05, 0) is 43.9 Å². The highest BCUT2D eigenvalue weighted by atomic mass is 32.2. The molecule has 1 saturated heterocycles. The first-order valence-electron chi connectivity index (χ1n) is 8.12. The van der Waals surface area contributed by atoms with E-state index >= 15 is 0 Å². The SMILES string of the molecule is Cc1ccc(C)c(OCCNC(=O)N(C)C2CCS(=O)(=O)C2)c1C. The molecule has 1 aliphatic rings. The molecule has 0 aromatic heterocycles. The van der Waals surface area contributed by atoms with Crippen molar-refractivity contribution in [2.45, 2.75) is 33.2 Å². The van der Waals surface area contributed by atoms with Crippen LogP contribution < -0.4 is 10.1 Å². The fourth-order valence-electron chi connectivity index (χ4n) is 2.83. The molecular formula is C17H26N2O4S. The summed E-state index contributed by atoms with van der Waals surface area (Å²) in [6.07, 6.45) is 0.504. The zero-order valence-electron chi connectivity index (χ0n) is 14.8. The van der Waals surface area contributed by atoms with Crippen LogP contribution in [0.5, 0.6) is 5.75 Å². The van der Waals surface area contributed by atoms with Crippen LogP contribution >= 0.6 is 0 Å². The summed E-state index contributed by atoms with van der Waals surface area (Å²) in [4.78, 5) is 13.6. The van der Waals surface area contributed by atoms with Crippen molar-refractivity contribution >= 4 is 15.9 Å². The molecule has 2 amide bonds. The van der Waals surface area contributed by atoms with E-state index in [9.17, 15) is 13.2 Å². The van der Waals surface area contributed by atoms with E-state index in [1.807, 2.05) is 26.8 Å². The van der Waals surface area contributed by atoms with E-state index in [2.05, 4.69) is 11.4 Å². The van der Waals surface area contributed by atoms with Crippen molar-refractivity contribution in [3.63, 3.8) is 0 Å². The van der Waals surface area contributed by atoms with Crippen LogP contribution in [0.2, 0.25) is 0 Å². The molecule has 134 valence electrons. The number of ether oxygens (including phenoxy) is 1. The number of amides is 2. The zero-order valence-corrected chi connectivity index (χ0v) is 15.6. The summed E-state index contributed by atoms with van der Waals surface area (Å²) in [5.41, 5.74) is 3.34. The largest absolute Gasteiger partial charge is 0.491 e. The molecule has 1 heterocycles. The Morgan fingerprint density at radius 1 is 1.29 bits per heavy atom. The summed E-state index contributed by atoms with van der Waals surface area (Å²) < 4.78 is 28.8. The van der Waals surface area contributed by atoms with Gasteiger partial charge in [0.15, 0.2) is 9.84 Å². The van der Waals surface area contributed by atoms with Gasteiger partial charge in [-0.2, -0.15) is 0 Å². The molecule has 1 atom stereocenters. The molecule has 1 N–H and O–H groups in total. The van der Waals surface area contributed by atoms with Gasteiger partial charge in [0.2, 0.25) is 0 Å². The van der Waals surface area contributed by atoms with Gasteiger partial charge in [0, 0.05) is 13.1 Å². The fraction of sp³-hybridized carbons (Fsp3) is 0.588. The Morgan fingerprint density at radius 3 is 2.58 bits per heavy atom. The average molecular weight is 354 g/mol. The maximum absolute atomic E-state index is 12.1. The Morgan fingerprint density at radius 2 is 1.96 bits per heavy atom. The third-order valence-corrected chi connectivity index (χ3v) is 6.33. The van der Waals surface area contributed by atoms with Gasteiger partial charge in [0.1, 0.15) is 12.4 Å². The van der Waals surface area contributed by atoms with E-state index in [1.165, 1.54) is 10.5 Å². The average Bonchev–Trinajstić information content (AvgIpc) is 2.89. The second-order valence-corrected chi connectivity index (χ2v) is 8.63. The first-order chi connectivity index (χ1) is 11.2. The molecule has 0 saturated carbocycles. The molecule has 2 rings (SSSR count). The molecule has 7 heteroatoms. The second-order valence-electron chi connectivity index (χ2n) is 6.40. The maximum Gasteiger partial charge on any atom is 0.317 e. The maximum atomic E-state index is 12.1. The smallest absolute Gasteiger partial charge is 0.317 e. The van der Waals surface area contributed by atoms with E-state index < -0.39 is 9.84 Å². The monoisotopic (exact) mass is 354 g/mol. The molecule has 0 radical (unpaired) electrons. The van der Waals surface area contributed by atoms with Gasteiger partial charge in [0.05, 0.1) is 18.1 Å². The van der Waals surface area contributed by atoms with Gasteiger partial charge < -0.3 is 15.0 Å². The van der Waals surface area contributed by atoms with Crippen molar-refractivity contribution in [3.05, 3.63) is 28.8 Å². The Labute approximate surface area is 144 Å². The lowest BCUT2D eigenvalue weighted by Crippen LogP contribution is -2.45. The third-order valence-electron chi connectivity index (χ3n) is 4.57. The molecule has 0 bridgehead atoms. The second kappa shape index (κ2) is 7.42. The number of nitrogens with one attached hydrogen (secondary N) is 1. The lowest BCUT2D eigenvalue weighted by atomic mass is 10.1. The van der Waals surface area contributed by atoms with Crippen LogP contribution in [0.4, 0.5) is 4.79 Å². The summed E-state index contributed by atoms with van der Waals surface area (Å²) in [6, 6.07) is 3.57. The minimum atomic E-state index is -3.00. The van der Waals surface area contributed by atoms with Gasteiger partial charge in [-0.3, -0.25) is 0 Å². The van der Waals surface area contributed by atoms with Crippen molar-refractivity contribution in [3.8, 4) is 5.75 Å². The number of carbonyl (C=O) groups excluding carboxylic acids is 1. The summed E-state index contributed by atoms with van der Waals surface area (Å²) in [7, 11) is -1.36. The minimum Gasteiger partial charge on any atom is -0.491 e. The highest BCUT2D eigenvalue weighted by Crippen LogP contribution is 2.25. The van der Waals surface area contributed by atoms with Crippen LogP contribution in [0.15, 0.2) is 12.1 Å². The Hall–Kier alpha value is -1.76. The number of rotatable bonds is 5. The van der Waals surface area contributed by atoms with E-state index in [4.69, 9.17) is 4.74 Å². The number of urea groups is 1. The van der Waals surface area contributed by atoms with Gasteiger partial charge in [0.25, 0.3) is 0 Å². The number of benzene rings is 1. The Balaban J connectivity index is 1.80. The van der Waals surface area contributed by atoms with Crippen molar-refractivity contribution in [2.24, 2.45) is 0 Å². The van der Waals surface area contributed by atoms with Gasteiger partial charge in [-0.15, -0.1) is 0 Å². The van der Waals surface area contributed by atoms with Crippen LogP contribution in [0, 0.1) is 20.8 Å². The van der Waals surface area contributed by atoms with Crippen LogP contribution in [-0.2, 0) is 9.84 Å². The van der Waals surface area contributed by atoms with E-state index in [1.54, 1.807) is 7.05 Å². The number of sulfone groups is 1. The normalized spacial score (nSPS) is 19.1. The Bertz CT molecular complexity index is 716. The van der Waals surface area contributed by atoms with E-state index in [0.29, 0.717) is 19.6 Å². The van der Waals surface area contributed by atoms with Crippen molar-refractivity contribution < 1.29 is 17.9 Å². The minimum absolute atomic E-state index is 0.0507. The number of aryl methyl sites for hydroxylation is 2.